The van der Waals surface area contributed by atoms with E-state index >= 15 is 0 Å². The van der Waals surface area contributed by atoms with Crippen LogP contribution in [0.25, 0.3) is 5.69 Å². The first kappa shape index (κ1) is 25.9. The van der Waals surface area contributed by atoms with Crippen molar-refractivity contribution in [3.63, 3.8) is 0 Å². The fourth-order valence-corrected chi connectivity index (χ4v) is 4.13. The van der Waals surface area contributed by atoms with Crippen molar-refractivity contribution in [1.29, 1.82) is 0 Å². The minimum atomic E-state index is -0.508. The molecule has 0 bridgehead atoms. The average molecular weight is 531 g/mol. The van der Waals surface area contributed by atoms with Crippen LogP contribution in [0.4, 0.5) is 15.8 Å². The summed E-state index contributed by atoms with van der Waals surface area (Å²) in [5.74, 6) is 0.679. The highest BCUT2D eigenvalue weighted by molar-refractivity contribution is 5.94. The van der Waals surface area contributed by atoms with Gasteiger partial charge in [0.15, 0.2) is 11.4 Å². The van der Waals surface area contributed by atoms with Crippen LogP contribution in [0.2, 0.25) is 0 Å². The summed E-state index contributed by atoms with van der Waals surface area (Å²) < 4.78 is 31.3. The molecule has 1 aliphatic heterocycles. The van der Waals surface area contributed by atoms with E-state index in [1.54, 1.807) is 55.6 Å². The highest BCUT2D eigenvalue weighted by Gasteiger charge is 2.18. The molecule has 1 aliphatic rings. The lowest BCUT2D eigenvalue weighted by atomic mass is 10.1. The fourth-order valence-electron chi connectivity index (χ4n) is 4.13. The van der Waals surface area contributed by atoms with Crippen LogP contribution in [-0.2, 0) is 4.74 Å². The Balaban J connectivity index is 1.40. The van der Waals surface area contributed by atoms with E-state index in [9.17, 15) is 14.0 Å². The van der Waals surface area contributed by atoms with Gasteiger partial charge in [-0.1, -0.05) is 0 Å². The number of carbonyl (C=O) groups excluding carboxylic acids is 1. The van der Waals surface area contributed by atoms with Crippen LogP contribution >= 0.6 is 0 Å². The average Bonchev–Trinajstić information content (AvgIpc) is 3.49. The lowest BCUT2D eigenvalue weighted by Gasteiger charge is -2.15. The molecule has 3 aromatic carbocycles. The Kier molecular flexibility index (Phi) is 7.83. The van der Waals surface area contributed by atoms with Crippen LogP contribution in [0.3, 0.4) is 0 Å². The largest absolute Gasteiger partial charge is 0.497 e. The molecule has 9 nitrogen and oxygen atoms in total. The van der Waals surface area contributed by atoms with Gasteiger partial charge in [-0.25, -0.2) is 4.39 Å². The molecule has 0 spiro atoms. The number of ether oxygens (including phenoxy) is 3. The SMILES string of the molecule is COc1ccc(Oc2cnn(-c3ccc(F)cc3)c(=O)c2Nc2ccc(C(=O)NCC3CCCO3)cc2)cc1. The van der Waals surface area contributed by atoms with Gasteiger partial charge in [-0.15, -0.1) is 0 Å². The summed E-state index contributed by atoms with van der Waals surface area (Å²) >= 11 is 0. The Morgan fingerprint density at radius 2 is 1.77 bits per heavy atom. The molecule has 4 aromatic rings. The topological polar surface area (TPSA) is 104 Å². The van der Waals surface area contributed by atoms with Crippen molar-refractivity contribution in [3.8, 4) is 22.9 Å². The number of rotatable bonds is 9. The molecule has 1 fully saturated rings. The van der Waals surface area contributed by atoms with E-state index in [-0.39, 0.29) is 23.4 Å². The molecule has 1 unspecified atom stereocenters. The Hall–Kier alpha value is -4.70. The second kappa shape index (κ2) is 11.8. The molecule has 1 atom stereocenters. The van der Waals surface area contributed by atoms with E-state index in [1.165, 1.54) is 30.5 Å². The van der Waals surface area contributed by atoms with Gasteiger partial charge in [-0.3, -0.25) is 9.59 Å². The molecule has 0 radical (unpaired) electrons. The van der Waals surface area contributed by atoms with Gasteiger partial charge in [-0.05, 0) is 85.6 Å². The van der Waals surface area contributed by atoms with Crippen molar-refractivity contribution in [2.75, 3.05) is 25.6 Å². The molecular formula is C29H27FN4O5. The first-order chi connectivity index (χ1) is 19.0. The van der Waals surface area contributed by atoms with Crippen LogP contribution in [0.1, 0.15) is 23.2 Å². The van der Waals surface area contributed by atoms with Crippen molar-refractivity contribution >= 4 is 17.3 Å². The Labute approximate surface area is 224 Å². The van der Waals surface area contributed by atoms with Gasteiger partial charge in [0.05, 0.1) is 25.1 Å². The third kappa shape index (κ3) is 6.24. The number of hydrogen-bond acceptors (Lipinski definition) is 7. The molecule has 200 valence electrons. The Morgan fingerprint density at radius 3 is 2.44 bits per heavy atom. The Morgan fingerprint density at radius 1 is 1.05 bits per heavy atom. The van der Waals surface area contributed by atoms with Gasteiger partial charge in [-0.2, -0.15) is 9.78 Å². The third-order valence-corrected chi connectivity index (χ3v) is 6.23. The first-order valence-corrected chi connectivity index (χ1v) is 12.5. The number of nitrogens with one attached hydrogen (secondary N) is 2. The number of aromatic nitrogens is 2. The highest BCUT2D eigenvalue weighted by atomic mass is 19.1. The number of nitrogens with zero attached hydrogens (tertiary/aromatic N) is 2. The van der Waals surface area contributed by atoms with Crippen molar-refractivity contribution in [3.05, 3.63) is 101 Å². The molecule has 1 amide bonds. The van der Waals surface area contributed by atoms with E-state index in [4.69, 9.17) is 14.2 Å². The zero-order chi connectivity index (χ0) is 27.2. The maximum Gasteiger partial charge on any atom is 0.299 e. The molecule has 2 heterocycles. The second-order valence-corrected chi connectivity index (χ2v) is 8.90. The van der Waals surface area contributed by atoms with Crippen LogP contribution in [0.5, 0.6) is 17.2 Å². The standard InChI is InChI=1S/C29H27FN4O5/c1-37-23-12-14-24(15-13-23)39-26-18-32-34(22-10-6-20(30)7-11-22)29(36)27(26)33-21-8-4-19(5-9-21)28(35)31-17-25-3-2-16-38-25/h4-15,18,25,33H,2-3,16-17H2,1H3,(H,31,35). The van der Waals surface area contributed by atoms with Gasteiger partial charge in [0.25, 0.3) is 11.5 Å². The van der Waals surface area contributed by atoms with E-state index in [2.05, 4.69) is 15.7 Å². The second-order valence-electron chi connectivity index (χ2n) is 8.90. The summed E-state index contributed by atoms with van der Waals surface area (Å²) in [4.78, 5) is 26.1. The van der Waals surface area contributed by atoms with Gasteiger partial charge in [0.1, 0.15) is 17.3 Å². The molecule has 1 saturated heterocycles. The molecular weight excluding hydrogens is 503 g/mol. The molecule has 0 saturated carbocycles. The number of amides is 1. The van der Waals surface area contributed by atoms with Gasteiger partial charge >= 0.3 is 0 Å². The number of halogens is 1. The monoisotopic (exact) mass is 530 g/mol. The van der Waals surface area contributed by atoms with Gasteiger partial charge in [0, 0.05) is 24.4 Å². The van der Waals surface area contributed by atoms with Crippen LogP contribution in [-0.4, -0.2) is 42.1 Å². The minimum absolute atomic E-state index is 0.0500. The third-order valence-electron chi connectivity index (χ3n) is 6.23. The van der Waals surface area contributed by atoms with Crippen molar-refractivity contribution in [2.45, 2.75) is 18.9 Å². The first-order valence-electron chi connectivity index (χ1n) is 12.5. The van der Waals surface area contributed by atoms with Crippen molar-refractivity contribution < 1.29 is 23.4 Å². The lowest BCUT2D eigenvalue weighted by Crippen LogP contribution is -2.31. The van der Waals surface area contributed by atoms with Gasteiger partial charge in [0.2, 0.25) is 0 Å². The molecule has 1 aromatic heterocycles. The summed E-state index contributed by atoms with van der Waals surface area (Å²) in [5.41, 5.74) is 1.02. The number of anilines is 2. The predicted molar refractivity (Wildman–Crippen MR) is 144 cm³/mol. The maximum absolute atomic E-state index is 13.5. The van der Waals surface area contributed by atoms with E-state index in [0.29, 0.717) is 35.0 Å². The number of benzene rings is 3. The molecule has 2 N–H and O–H groups in total. The zero-order valence-electron chi connectivity index (χ0n) is 21.2. The molecule has 5 rings (SSSR count). The number of carbonyl (C=O) groups is 1. The minimum Gasteiger partial charge on any atom is -0.497 e. The Bertz CT molecular complexity index is 1480. The quantitative estimate of drug-likeness (QED) is 0.320. The summed E-state index contributed by atoms with van der Waals surface area (Å²) in [6, 6.07) is 19.0. The summed E-state index contributed by atoms with van der Waals surface area (Å²) in [6.45, 7) is 1.19. The van der Waals surface area contributed by atoms with E-state index < -0.39 is 11.4 Å². The number of hydrogen-bond donors (Lipinski definition) is 2. The summed E-state index contributed by atoms with van der Waals surface area (Å²) in [5, 5.41) is 10.2. The van der Waals surface area contributed by atoms with Gasteiger partial charge < -0.3 is 24.8 Å². The summed E-state index contributed by atoms with van der Waals surface area (Å²) in [7, 11) is 1.57. The molecule has 0 aliphatic carbocycles. The van der Waals surface area contributed by atoms with Crippen LogP contribution in [0, 0.1) is 5.82 Å². The van der Waals surface area contributed by atoms with E-state index in [1.807, 2.05) is 0 Å². The fraction of sp³-hybridized carbons (Fsp3) is 0.207. The number of methoxy groups -OCH3 is 1. The van der Waals surface area contributed by atoms with Crippen molar-refractivity contribution in [2.24, 2.45) is 0 Å². The van der Waals surface area contributed by atoms with E-state index in [0.717, 1.165) is 24.1 Å². The normalized spacial score (nSPS) is 14.6. The maximum atomic E-state index is 13.5. The zero-order valence-corrected chi connectivity index (χ0v) is 21.2. The highest BCUT2D eigenvalue weighted by Crippen LogP contribution is 2.30. The van der Waals surface area contributed by atoms with Crippen LogP contribution < -0.4 is 25.7 Å². The molecule has 10 heteroatoms. The smallest absolute Gasteiger partial charge is 0.299 e. The van der Waals surface area contributed by atoms with Crippen molar-refractivity contribution in [1.82, 2.24) is 15.1 Å². The lowest BCUT2D eigenvalue weighted by molar-refractivity contribution is 0.0858. The van der Waals surface area contributed by atoms with Crippen LogP contribution in [0.15, 0.2) is 83.8 Å². The summed E-state index contributed by atoms with van der Waals surface area (Å²) in [6.07, 6.45) is 3.40. The predicted octanol–water partition coefficient (Wildman–Crippen LogP) is 4.82. The molecule has 39 heavy (non-hydrogen) atoms.